The van der Waals surface area contributed by atoms with Gasteiger partial charge in [0.15, 0.2) is 0 Å². The summed E-state index contributed by atoms with van der Waals surface area (Å²) >= 11 is 0. The summed E-state index contributed by atoms with van der Waals surface area (Å²) in [6.45, 7) is 3.98. The quantitative estimate of drug-likeness (QED) is 0.484. The second-order valence-electron chi connectivity index (χ2n) is 2.20. The van der Waals surface area contributed by atoms with Crippen molar-refractivity contribution in [1.82, 2.24) is 5.32 Å². The van der Waals surface area contributed by atoms with Gasteiger partial charge in [0, 0.05) is 31.6 Å². The highest BCUT2D eigenvalue weighted by molar-refractivity contribution is 5.60. The van der Waals surface area contributed by atoms with Crippen molar-refractivity contribution in [3.05, 3.63) is 24.0 Å². The molecule has 62 valence electrons. The average Bonchev–Trinajstić information content (AvgIpc) is 2.04. The Morgan fingerprint density at radius 3 is 2.82 bits per heavy atom. The summed E-state index contributed by atoms with van der Waals surface area (Å²) in [4.78, 5) is 4.08. The van der Waals surface area contributed by atoms with E-state index in [0.29, 0.717) is 0 Å². The van der Waals surface area contributed by atoms with Crippen molar-refractivity contribution >= 4 is 6.21 Å². The lowest BCUT2D eigenvalue weighted by Crippen LogP contribution is -2.00. The van der Waals surface area contributed by atoms with Gasteiger partial charge in [0.25, 0.3) is 0 Å². The van der Waals surface area contributed by atoms with Gasteiger partial charge in [-0.05, 0) is 13.8 Å². The van der Waals surface area contributed by atoms with Gasteiger partial charge in [-0.1, -0.05) is 12.2 Å². The minimum Gasteiger partial charge on any atom is -0.390 e. The monoisotopic (exact) mass is 152 g/mol. The first-order valence-corrected chi connectivity index (χ1v) is 3.78. The molecule has 0 aliphatic heterocycles. The fourth-order valence-corrected chi connectivity index (χ4v) is 0.487. The van der Waals surface area contributed by atoms with Crippen LogP contribution in [0.3, 0.4) is 0 Å². The Bertz CT molecular complexity index is 166. The van der Waals surface area contributed by atoms with Gasteiger partial charge < -0.3 is 5.32 Å². The van der Waals surface area contributed by atoms with E-state index in [4.69, 9.17) is 0 Å². The predicted octanol–water partition coefficient (Wildman–Crippen LogP) is 2.10. The maximum atomic E-state index is 4.08. The topological polar surface area (TPSA) is 24.4 Å². The fraction of sp³-hybridized carbons (Fsp3) is 0.444. The van der Waals surface area contributed by atoms with Crippen LogP contribution in [0.15, 0.2) is 29.0 Å². The highest BCUT2D eigenvalue weighted by atomic mass is 14.8. The third kappa shape index (κ3) is 6.84. The Morgan fingerprint density at radius 1 is 1.55 bits per heavy atom. The Kier molecular flexibility index (Phi) is 6.39. The summed E-state index contributed by atoms with van der Waals surface area (Å²) in [5.74, 6) is 0. The van der Waals surface area contributed by atoms with Crippen LogP contribution in [0.5, 0.6) is 0 Å². The van der Waals surface area contributed by atoms with Gasteiger partial charge in [0.05, 0.1) is 0 Å². The third-order valence-electron chi connectivity index (χ3n) is 1.25. The molecule has 0 aliphatic carbocycles. The molecule has 0 fully saturated rings. The van der Waals surface area contributed by atoms with Gasteiger partial charge in [-0.25, -0.2) is 0 Å². The molecule has 11 heavy (non-hydrogen) atoms. The molecular weight excluding hydrogens is 136 g/mol. The van der Waals surface area contributed by atoms with Crippen LogP contribution in [0.1, 0.15) is 20.3 Å². The molecule has 0 atom stereocenters. The summed E-state index contributed by atoms with van der Waals surface area (Å²) in [5.41, 5.74) is 1.07. The van der Waals surface area contributed by atoms with E-state index in [1.165, 1.54) is 0 Å². The van der Waals surface area contributed by atoms with Crippen LogP contribution in [-0.4, -0.2) is 13.3 Å². The highest BCUT2D eigenvalue weighted by Gasteiger charge is 1.75. The molecule has 0 radical (unpaired) electrons. The normalized spacial score (nSPS) is 13.2. The number of allylic oxidation sites excluding steroid dienone is 3. The van der Waals surface area contributed by atoms with Crippen molar-refractivity contribution < 1.29 is 0 Å². The van der Waals surface area contributed by atoms with Gasteiger partial charge in [0.1, 0.15) is 0 Å². The Hall–Kier alpha value is -1.05. The predicted molar refractivity (Wildman–Crippen MR) is 50.7 cm³/mol. The molecule has 0 aromatic carbocycles. The number of hydrogen-bond acceptors (Lipinski definition) is 2. The van der Waals surface area contributed by atoms with Crippen molar-refractivity contribution in [3.63, 3.8) is 0 Å². The zero-order valence-corrected chi connectivity index (χ0v) is 7.46. The van der Waals surface area contributed by atoms with E-state index >= 15 is 0 Å². The van der Waals surface area contributed by atoms with E-state index in [0.717, 1.165) is 12.1 Å². The molecule has 0 aromatic rings. The molecular formula is C9H16N2. The first-order chi connectivity index (χ1) is 5.31. The van der Waals surface area contributed by atoms with Crippen molar-refractivity contribution in [1.29, 1.82) is 0 Å². The molecule has 0 aliphatic rings. The van der Waals surface area contributed by atoms with Crippen LogP contribution < -0.4 is 5.32 Å². The second-order valence-corrected chi connectivity index (χ2v) is 2.20. The maximum absolute atomic E-state index is 4.08. The molecule has 2 heteroatoms. The standard InChI is InChI=1S/C9H16N2/c1-4-5-6-7-11-8-9(2)10-3/h4-5,7-8,10H,6H2,1-3H3/b5-4?,9-8+,11-7?. The van der Waals surface area contributed by atoms with Gasteiger partial charge >= 0.3 is 0 Å². The molecule has 0 aromatic heterocycles. The third-order valence-corrected chi connectivity index (χ3v) is 1.25. The SMILES string of the molecule is CC=CCC=N/C=C(\C)NC. The molecule has 0 unspecified atom stereocenters. The van der Waals surface area contributed by atoms with E-state index in [-0.39, 0.29) is 0 Å². The van der Waals surface area contributed by atoms with E-state index in [1.807, 2.05) is 39.4 Å². The summed E-state index contributed by atoms with van der Waals surface area (Å²) in [5, 5.41) is 2.99. The molecule has 1 N–H and O–H groups in total. The van der Waals surface area contributed by atoms with Gasteiger partial charge in [-0.3, -0.25) is 4.99 Å². The number of hydrogen-bond donors (Lipinski definition) is 1. The Morgan fingerprint density at radius 2 is 2.27 bits per heavy atom. The van der Waals surface area contributed by atoms with Gasteiger partial charge in [0.2, 0.25) is 0 Å². The molecule has 0 heterocycles. The van der Waals surface area contributed by atoms with E-state index in [1.54, 1.807) is 0 Å². The molecule has 0 saturated carbocycles. The zero-order chi connectivity index (χ0) is 8.53. The van der Waals surface area contributed by atoms with Crippen LogP contribution in [0.25, 0.3) is 0 Å². The summed E-state index contributed by atoms with van der Waals surface area (Å²) in [7, 11) is 1.88. The molecule has 2 nitrogen and oxygen atoms in total. The maximum Gasteiger partial charge on any atom is 0.0450 e. The van der Waals surface area contributed by atoms with Crippen molar-refractivity contribution in [2.45, 2.75) is 20.3 Å². The largest absolute Gasteiger partial charge is 0.390 e. The van der Waals surface area contributed by atoms with Crippen molar-refractivity contribution in [2.24, 2.45) is 4.99 Å². The summed E-state index contributed by atoms with van der Waals surface area (Å²) < 4.78 is 0. The summed E-state index contributed by atoms with van der Waals surface area (Å²) in [6.07, 6.45) is 8.67. The Balaban J connectivity index is 3.58. The first kappa shape index (κ1) is 9.95. The van der Waals surface area contributed by atoms with Crippen molar-refractivity contribution in [2.75, 3.05) is 7.05 Å². The highest BCUT2D eigenvalue weighted by Crippen LogP contribution is 1.85. The van der Waals surface area contributed by atoms with Gasteiger partial charge in [-0.2, -0.15) is 0 Å². The minimum atomic E-state index is 0.907. The minimum absolute atomic E-state index is 0.907. The van der Waals surface area contributed by atoms with Crippen molar-refractivity contribution in [3.8, 4) is 0 Å². The van der Waals surface area contributed by atoms with Gasteiger partial charge in [-0.15, -0.1) is 0 Å². The van der Waals surface area contributed by atoms with E-state index < -0.39 is 0 Å². The van der Waals surface area contributed by atoms with Crippen LogP contribution in [-0.2, 0) is 0 Å². The van der Waals surface area contributed by atoms with E-state index in [9.17, 15) is 0 Å². The second kappa shape index (κ2) is 7.06. The number of nitrogens with zero attached hydrogens (tertiary/aromatic N) is 1. The van der Waals surface area contributed by atoms with Crippen LogP contribution >= 0.6 is 0 Å². The average molecular weight is 152 g/mol. The van der Waals surface area contributed by atoms with E-state index in [2.05, 4.69) is 16.4 Å². The fourth-order valence-electron chi connectivity index (χ4n) is 0.487. The number of rotatable bonds is 4. The molecule has 0 rings (SSSR count). The molecule has 0 spiro atoms. The Labute approximate surface area is 68.7 Å². The number of aliphatic imine (C=N–C) groups is 1. The lowest BCUT2D eigenvalue weighted by atomic mass is 10.4. The van der Waals surface area contributed by atoms with Crippen LogP contribution in [0.2, 0.25) is 0 Å². The lowest BCUT2D eigenvalue weighted by molar-refractivity contribution is 0.981. The van der Waals surface area contributed by atoms with Crippen LogP contribution in [0.4, 0.5) is 0 Å². The molecule has 0 bridgehead atoms. The first-order valence-electron chi connectivity index (χ1n) is 3.78. The zero-order valence-electron chi connectivity index (χ0n) is 7.46. The number of nitrogens with one attached hydrogen (secondary N) is 1. The molecule has 0 saturated heterocycles. The molecule has 0 amide bonds. The van der Waals surface area contributed by atoms with Crippen LogP contribution in [0, 0.1) is 0 Å². The smallest absolute Gasteiger partial charge is 0.0450 e. The lowest BCUT2D eigenvalue weighted by Gasteiger charge is -1.92. The summed E-state index contributed by atoms with van der Waals surface area (Å²) in [6, 6.07) is 0.